The Morgan fingerprint density at radius 3 is 1.78 bits per heavy atom. The van der Waals surface area contributed by atoms with E-state index in [1.54, 1.807) is 6.07 Å². The average molecular weight is 500 g/mol. The number of aromatic nitrogens is 1. The Morgan fingerprint density at radius 1 is 0.676 bits per heavy atom. The van der Waals surface area contributed by atoms with Crippen LogP contribution in [0.1, 0.15) is 118 Å². The first kappa shape index (κ1) is 28.6. The molecule has 3 heteroatoms. The summed E-state index contributed by atoms with van der Waals surface area (Å²) in [4.78, 5) is 17.2. The van der Waals surface area contributed by atoms with E-state index in [1.165, 1.54) is 80.0 Å². The lowest BCUT2D eigenvalue weighted by atomic mass is 9.99. The van der Waals surface area contributed by atoms with Gasteiger partial charge in [0.05, 0.1) is 0 Å². The van der Waals surface area contributed by atoms with Crippen LogP contribution in [0.25, 0.3) is 11.1 Å². The van der Waals surface area contributed by atoms with Crippen LogP contribution in [0.15, 0.2) is 66.9 Å². The molecule has 2 aromatic carbocycles. The predicted molar refractivity (Wildman–Crippen MR) is 155 cm³/mol. The van der Waals surface area contributed by atoms with Gasteiger partial charge in [-0.3, -0.25) is 0 Å². The summed E-state index contributed by atoms with van der Waals surface area (Å²) in [6, 6.07) is 21.1. The first-order chi connectivity index (χ1) is 18.1. The molecular weight excluding hydrogens is 454 g/mol. The molecule has 0 aliphatic rings. The van der Waals surface area contributed by atoms with E-state index in [0.717, 1.165) is 18.4 Å². The third-order valence-corrected chi connectivity index (χ3v) is 7.11. The number of rotatable bonds is 16. The van der Waals surface area contributed by atoms with Crippen LogP contribution >= 0.6 is 0 Å². The van der Waals surface area contributed by atoms with E-state index < -0.39 is 0 Å². The molecule has 198 valence electrons. The minimum atomic E-state index is -0.361. The van der Waals surface area contributed by atoms with Crippen molar-refractivity contribution in [3.05, 3.63) is 89.2 Å². The van der Waals surface area contributed by atoms with E-state index in [9.17, 15) is 4.79 Å². The number of esters is 1. The zero-order valence-corrected chi connectivity index (χ0v) is 23.2. The van der Waals surface area contributed by atoms with Crippen molar-refractivity contribution in [3.63, 3.8) is 0 Å². The summed E-state index contributed by atoms with van der Waals surface area (Å²) < 4.78 is 5.85. The van der Waals surface area contributed by atoms with Crippen LogP contribution in [0.4, 0.5) is 0 Å². The highest BCUT2D eigenvalue weighted by Gasteiger charge is 2.17. The number of hydrogen-bond acceptors (Lipinski definition) is 3. The first-order valence-electron chi connectivity index (χ1n) is 14.5. The van der Waals surface area contributed by atoms with Gasteiger partial charge in [0.15, 0.2) is 0 Å². The molecule has 1 atom stereocenters. The molecule has 1 heterocycles. The van der Waals surface area contributed by atoms with E-state index in [0.29, 0.717) is 12.1 Å². The molecule has 0 radical (unpaired) electrons. The SMILES string of the molecule is CCCCCCCc1ccc(C(=O)OC(CC)c2ccc(-c3ccc(CCCCCC)cc3)cc2)nc1. The van der Waals surface area contributed by atoms with Crippen LogP contribution in [0.2, 0.25) is 0 Å². The Kier molecular flexibility index (Phi) is 12.4. The number of benzene rings is 2. The van der Waals surface area contributed by atoms with Gasteiger partial charge in [-0.15, -0.1) is 0 Å². The molecule has 0 spiro atoms. The van der Waals surface area contributed by atoms with Gasteiger partial charge in [0.25, 0.3) is 0 Å². The molecule has 0 N–H and O–H groups in total. The van der Waals surface area contributed by atoms with E-state index in [-0.39, 0.29) is 12.1 Å². The molecule has 0 saturated heterocycles. The van der Waals surface area contributed by atoms with Crippen molar-refractivity contribution in [1.82, 2.24) is 4.98 Å². The fourth-order valence-corrected chi connectivity index (χ4v) is 4.71. The summed E-state index contributed by atoms with van der Waals surface area (Å²) in [7, 11) is 0. The molecule has 1 aromatic heterocycles. The number of aryl methyl sites for hydroxylation is 2. The van der Waals surface area contributed by atoms with Crippen LogP contribution in [-0.4, -0.2) is 11.0 Å². The van der Waals surface area contributed by atoms with Gasteiger partial charge in [-0.1, -0.05) is 120 Å². The maximum atomic E-state index is 12.8. The second kappa shape index (κ2) is 16.0. The largest absolute Gasteiger partial charge is 0.453 e. The van der Waals surface area contributed by atoms with Gasteiger partial charge >= 0.3 is 5.97 Å². The fourth-order valence-electron chi connectivity index (χ4n) is 4.71. The van der Waals surface area contributed by atoms with Gasteiger partial charge in [0.2, 0.25) is 0 Å². The number of unbranched alkanes of at least 4 members (excludes halogenated alkanes) is 7. The highest BCUT2D eigenvalue weighted by atomic mass is 16.5. The number of carbonyl (C=O) groups is 1. The van der Waals surface area contributed by atoms with E-state index in [4.69, 9.17) is 4.74 Å². The number of ether oxygens (including phenoxy) is 1. The Labute approximate surface area is 224 Å². The molecule has 0 amide bonds. The molecule has 1 unspecified atom stereocenters. The lowest BCUT2D eigenvalue weighted by Crippen LogP contribution is -2.12. The molecule has 0 fully saturated rings. The van der Waals surface area contributed by atoms with Crippen molar-refractivity contribution < 1.29 is 9.53 Å². The highest BCUT2D eigenvalue weighted by Crippen LogP contribution is 2.27. The Bertz CT molecular complexity index is 1040. The van der Waals surface area contributed by atoms with Crippen LogP contribution in [0.3, 0.4) is 0 Å². The number of carbonyl (C=O) groups excluding carboxylic acids is 1. The Hall–Kier alpha value is -2.94. The van der Waals surface area contributed by atoms with Gasteiger partial charge in [-0.2, -0.15) is 0 Å². The minimum Gasteiger partial charge on any atom is -0.453 e. The maximum absolute atomic E-state index is 12.8. The van der Waals surface area contributed by atoms with Crippen molar-refractivity contribution >= 4 is 5.97 Å². The number of nitrogens with zero attached hydrogens (tertiary/aromatic N) is 1. The second-order valence-electron chi connectivity index (χ2n) is 10.1. The summed E-state index contributed by atoms with van der Waals surface area (Å²) in [5.41, 5.74) is 6.36. The quantitative estimate of drug-likeness (QED) is 0.145. The van der Waals surface area contributed by atoms with Crippen LogP contribution in [0.5, 0.6) is 0 Å². The van der Waals surface area contributed by atoms with Gasteiger partial charge in [-0.05, 0) is 66.0 Å². The first-order valence-corrected chi connectivity index (χ1v) is 14.5. The van der Waals surface area contributed by atoms with Gasteiger partial charge in [0, 0.05) is 6.20 Å². The van der Waals surface area contributed by atoms with Gasteiger partial charge in [0.1, 0.15) is 11.8 Å². The Morgan fingerprint density at radius 2 is 1.22 bits per heavy atom. The van der Waals surface area contributed by atoms with Crippen LogP contribution in [0, 0.1) is 0 Å². The summed E-state index contributed by atoms with van der Waals surface area (Å²) in [6.45, 7) is 6.52. The summed E-state index contributed by atoms with van der Waals surface area (Å²) in [5.74, 6) is -0.361. The van der Waals surface area contributed by atoms with Crippen molar-refractivity contribution in [2.75, 3.05) is 0 Å². The third-order valence-electron chi connectivity index (χ3n) is 7.11. The van der Waals surface area contributed by atoms with Crippen LogP contribution in [-0.2, 0) is 17.6 Å². The number of pyridine rings is 1. The minimum absolute atomic E-state index is 0.285. The number of hydrogen-bond donors (Lipinski definition) is 0. The van der Waals surface area contributed by atoms with Crippen LogP contribution < -0.4 is 0 Å². The molecule has 0 aliphatic carbocycles. The Balaban J connectivity index is 1.53. The highest BCUT2D eigenvalue weighted by molar-refractivity contribution is 5.87. The van der Waals surface area contributed by atoms with Crippen molar-refractivity contribution in [2.45, 2.75) is 104 Å². The monoisotopic (exact) mass is 499 g/mol. The summed E-state index contributed by atoms with van der Waals surface area (Å²) in [6.07, 6.45) is 15.9. The zero-order valence-electron chi connectivity index (χ0n) is 23.2. The average Bonchev–Trinajstić information content (AvgIpc) is 2.94. The fraction of sp³-hybridized carbons (Fsp3) is 0.471. The van der Waals surface area contributed by atoms with Crippen molar-refractivity contribution in [1.29, 1.82) is 0 Å². The van der Waals surface area contributed by atoms with E-state index >= 15 is 0 Å². The molecule has 3 aromatic rings. The van der Waals surface area contributed by atoms with E-state index in [1.807, 2.05) is 19.2 Å². The van der Waals surface area contributed by atoms with E-state index in [2.05, 4.69) is 67.4 Å². The molecule has 37 heavy (non-hydrogen) atoms. The van der Waals surface area contributed by atoms with Crippen molar-refractivity contribution in [3.8, 4) is 11.1 Å². The lowest BCUT2D eigenvalue weighted by molar-refractivity contribution is 0.0281. The van der Waals surface area contributed by atoms with Crippen molar-refractivity contribution in [2.24, 2.45) is 0 Å². The molecule has 3 nitrogen and oxygen atoms in total. The molecule has 0 saturated carbocycles. The standard InChI is InChI=1S/C34H45NO2/c1-4-7-9-11-13-15-28-18-25-32(35-26-28)34(36)37-33(6-3)31-23-21-30(22-24-31)29-19-16-27(17-20-29)14-12-10-8-5-2/h16-26,33H,4-15H2,1-3H3. The molecule has 0 aliphatic heterocycles. The third kappa shape index (κ3) is 9.46. The van der Waals surface area contributed by atoms with Gasteiger partial charge in [-0.25, -0.2) is 9.78 Å². The van der Waals surface area contributed by atoms with Gasteiger partial charge < -0.3 is 4.74 Å². The summed E-state index contributed by atoms with van der Waals surface area (Å²) in [5, 5.41) is 0. The second-order valence-corrected chi connectivity index (χ2v) is 10.1. The normalized spacial score (nSPS) is 11.9. The molecule has 0 bridgehead atoms. The predicted octanol–water partition coefficient (Wildman–Crippen LogP) is 9.69. The maximum Gasteiger partial charge on any atom is 0.357 e. The molecule has 3 rings (SSSR count). The molecular formula is C34H45NO2. The zero-order chi connectivity index (χ0) is 26.3. The summed E-state index contributed by atoms with van der Waals surface area (Å²) >= 11 is 0. The topological polar surface area (TPSA) is 39.2 Å². The smallest absolute Gasteiger partial charge is 0.357 e. The lowest BCUT2D eigenvalue weighted by Gasteiger charge is -2.17.